The summed E-state index contributed by atoms with van der Waals surface area (Å²) in [5, 5.41) is 1.22. The van der Waals surface area contributed by atoms with Crippen LogP contribution in [-0.4, -0.2) is 23.5 Å². The van der Waals surface area contributed by atoms with Gasteiger partial charge in [0.05, 0.1) is 18.2 Å². The molecule has 1 aliphatic heterocycles. The number of hydrogen-bond donors (Lipinski definition) is 0. The molecule has 0 saturated heterocycles. The van der Waals surface area contributed by atoms with Gasteiger partial charge in [-0.15, -0.1) is 0 Å². The molecule has 2 heterocycles. The van der Waals surface area contributed by atoms with Crippen molar-refractivity contribution in [3.63, 3.8) is 0 Å². The highest BCUT2D eigenvalue weighted by atomic mass is 16.5. The van der Waals surface area contributed by atoms with E-state index in [2.05, 4.69) is 9.98 Å². The summed E-state index contributed by atoms with van der Waals surface area (Å²) >= 11 is 0. The zero-order valence-electron chi connectivity index (χ0n) is 8.71. The third kappa shape index (κ3) is 1.84. The quantitative estimate of drug-likeness (QED) is 0.481. The molecule has 2 rings (SSSR count). The zero-order valence-corrected chi connectivity index (χ0v) is 8.71. The van der Waals surface area contributed by atoms with E-state index in [0.717, 1.165) is 5.22 Å². The maximum Gasteiger partial charge on any atom is 0.322 e. The minimum Gasteiger partial charge on any atom is -0.465 e. The molecule has 1 amide bonds. The first kappa shape index (κ1) is 10.5. The molecule has 1 aliphatic rings. The minimum absolute atomic E-state index is 0.250. The molecule has 0 bridgehead atoms. The molecule has 82 valence electrons. The van der Waals surface area contributed by atoms with Crippen molar-refractivity contribution in [2.45, 2.75) is 6.92 Å². The summed E-state index contributed by atoms with van der Waals surface area (Å²) < 4.78 is 4.80. The lowest BCUT2D eigenvalue weighted by molar-refractivity contribution is -0.148. The van der Waals surface area contributed by atoms with Crippen molar-refractivity contribution in [3.05, 3.63) is 29.0 Å². The zero-order chi connectivity index (χ0) is 11.5. The predicted octanol–water partition coefficient (Wildman–Crippen LogP) is -0.799. The van der Waals surface area contributed by atoms with E-state index in [1.165, 1.54) is 6.20 Å². The molecular formula is C11H10N2O3. The van der Waals surface area contributed by atoms with Crippen LogP contribution in [0, 0.1) is 5.92 Å². The van der Waals surface area contributed by atoms with Gasteiger partial charge in [0.2, 0.25) is 0 Å². The Morgan fingerprint density at radius 3 is 3.12 bits per heavy atom. The largest absolute Gasteiger partial charge is 0.465 e. The van der Waals surface area contributed by atoms with Crippen LogP contribution in [-0.2, 0) is 14.3 Å². The number of esters is 1. The van der Waals surface area contributed by atoms with Crippen LogP contribution in [0.4, 0.5) is 0 Å². The third-order valence-electron chi connectivity index (χ3n) is 2.22. The van der Waals surface area contributed by atoms with Crippen LogP contribution < -0.4 is 10.6 Å². The SMILES string of the molecule is CCOC(=O)C1C=c2ccncc2=NC1=O. The number of fused-ring (bicyclic) bond motifs is 1. The number of pyridine rings is 1. The second kappa shape index (κ2) is 4.22. The third-order valence-corrected chi connectivity index (χ3v) is 2.22. The Morgan fingerprint density at radius 2 is 2.38 bits per heavy atom. The van der Waals surface area contributed by atoms with Crippen LogP contribution >= 0.6 is 0 Å². The molecule has 1 aromatic heterocycles. The molecule has 5 nitrogen and oxygen atoms in total. The Labute approximate surface area is 91.5 Å². The van der Waals surface area contributed by atoms with Gasteiger partial charge in [-0.05, 0) is 13.0 Å². The van der Waals surface area contributed by atoms with E-state index in [-0.39, 0.29) is 6.61 Å². The molecule has 0 N–H and O–H groups in total. The fourth-order valence-electron chi connectivity index (χ4n) is 1.47. The summed E-state index contributed by atoms with van der Waals surface area (Å²) in [5.41, 5.74) is 0. The fraction of sp³-hybridized carbons (Fsp3) is 0.273. The second-order valence-corrected chi connectivity index (χ2v) is 3.28. The first-order valence-electron chi connectivity index (χ1n) is 4.93. The van der Waals surface area contributed by atoms with E-state index in [1.54, 1.807) is 25.3 Å². The normalized spacial score (nSPS) is 18.1. The number of nitrogens with zero attached hydrogens (tertiary/aromatic N) is 2. The number of rotatable bonds is 2. The van der Waals surface area contributed by atoms with Gasteiger partial charge in [0, 0.05) is 11.4 Å². The Hall–Kier alpha value is -2.04. The van der Waals surface area contributed by atoms with E-state index < -0.39 is 17.8 Å². The van der Waals surface area contributed by atoms with Gasteiger partial charge in [-0.2, -0.15) is 0 Å². The number of hydrogen-bond acceptors (Lipinski definition) is 4. The van der Waals surface area contributed by atoms with Gasteiger partial charge in [0.1, 0.15) is 0 Å². The Bertz CT molecular complexity index is 551. The van der Waals surface area contributed by atoms with E-state index >= 15 is 0 Å². The summed E-state index contributed by atoms with van der Waals surface area (Å²) in [6, 6.07) is 1.71. The average molecular weight is 218 g/mol. The first-order valence-corrected chi connectivity index (χ1v) is 4.93. The van der Waals surface area contributed by atoms with Gasteiger partial charge < -0.3 is 4.74 Å². The molecule has 1 aromatic rings. The molecule has 0 fully saturated rings. The van der Waals surface area contributed by atoms with E-state index in [9.17, 15) is 9.59 Å². The molecule has 0 aliphatic carbocycles. The fourth-order valence-corrected chi connectivity index (χ4v) is 1.47. The van der Waals surface area contributed by atoms with Crippen LogP contribution in [0.3, 0.4) is 0 Å². The van der Waals surface area contributed by atoms with E-state index in [0.29, 0.717) is 5.36 Å². The lowest BCUT2D eigenvalue weighted by atomic mass is 10.1. The Kier molecular flexibility index (Phi) is 2.76. The molecular weight excluding hydrogens is 208 g/mol. The van der Waals surface area contributed by atoms with Crippen molar-refractivity contribution >= 4 is 18.0 Å². The summed E-state index contributed by atoms with van der Waals surface area (Å²) in [6.07, 6.45) is 4.64. The van der Waals surface area contributed by atoms with E-state index in [4.69, 9.17) is 4.74 Å². The first-order chi connectivity index (χ1) is 7.72. The highest BCUT2D eigenvalue weighted by Crippen LogP contribution is 2.06. The molecule has 5 heteroatoms. The van der Waals surface area contributed by atoms with Crippen LogP contribution in [0.1, 0.15) is 6.92 Å². The molecule has 0 saturated carbocycles. The number of carbonyl (C=O) groups excluding carboxylic acids is 2. The van der Waals surface area contributed by atoms with Crippen molar-refractivity contribution in [2.75, 3.05) is 6.61 Å². The Balaban J connectivity index is 2.44. The summed E-state index contributed by atoms with van der Waals surface area (Å²) in [5.74, 6) is -1.98. The summed E-state index contributed by atoms with van der Waals surface area (Å²) in [6.45, 7) is 1.94. The monoisotopic (exact) mass is 218 g/mol. The second-order valence-electron chi connectivity index (χ2n) is 3.28. The molecule has 0 spiro atoms. The van der Waals surface area contributed by atoms with Crippen molar-refractivity contribution in [2.24, 2.45) is 10.9 Å². The highest BCUT2D eigenvalue weighted by Gasteiger charge is 2.27. The van der Waals surface area contributed by atoms with Gasteiger partial charge in [0.15, 0.2) is 5.92 Å². The number of amides is 1. The van der Waals surface area contributed by atoms with Gasteiger partial charge in [-0.3, -0.25) is 14.6 Å². The van der Waals surface area contributed by atoms with Crippen LogP contribution in [0.15, 0.2) is 23.5 Å². The minimum atomic E-state index is -0.921. The van der Waals surface area contributed by atoms with Gasteiger partial charge >= 0.3 is 5.97 Å². The van der Waals surface area contributed by atoms with Crippen LogP contribution in [0.25, 0.3) is 6.08 Å². The van der Waals surface area contributed by atoms with Crippen molar-refractivity contribution in [1.82, 2.24) is 4.98 Å². The van der Waals surface area contributed by atoms with Crippen LogP contribution in [0.5, 0.6) is 0 Å². The number of aromatic nitrogens is 1. The topological polar surface area (TPSA) is 68.6 Å². The number of carbonyl (C=O) groups is 2. The van der Waals surface area contributed by atoms with Gasteiger partial charge in [0.25, 0.3) is 5.91 Å². The summed E-state index contributed by atoms with van der Waals surface area (Å²) in [4.78, 5) is 30.7. The smallest absolute Gasteiger partial charge is 0.322 e. The Morgan fingerprint density at radius 1 is 1.56 bits per heavy atom. The van der Waals surface area contributed by atoms with Crippen molar-refractivity contribution in [1.29, 1.82) is 0 Å². The van der Waals surface area contributed by atoms with Crippen molar-refractivity contribution in [3.8, 4) is 0 Å². The average Bonchev–Trinajstić information content (AvgIpc) is 2.28. The lowest BCUT2D eigenvalue weighted by Gasteiger charge is -2.10. The maximum atomic E-state index is 11.5. The predicted molar refractivity (Wildman–Crippen MR) is 54.6 cm³/mol. The molecule has 1 atom stereocenters. The van der Waals surface area contributed by atoms with E-state index in [1.807, 2.05) is 0 Å². The molecule has 0 aromatic carbocycles. The standard InChI is InChI=1S/C11H10N2O3/c1-2-16-11(15)8-5-7-3-4-12-6-9(7)13-10(8)14/h3-6,8H,2H2,1H3. The maximum absolute atomic E-state index is 11.5. The number of ether oxygens (including phenoxy) is 1. The van der Waals surface area contributed by atoms with Crippen LogP contribution in [0.2, 0.25) is 0 Å². The molecule has 16 heavy (non-hydrogen) atoms. The molecule has 0 radical (unpaired) electrons. The van der Waals surface area contributed by atoms with Crippen molar-refractivity contribution < 1.29 is 14.3 Å². The van der Waals surface area contributed by atoms with Gasteiger partial charge in [-0.1, -0.05) is 6.08 Å². The summed E-state index contributed by atoms with van der Waals surface area (Å²) in [7, 11) is 0. The molecule has 1 unspecified atom stereocenters. The van der Waals surface area contributed by atoms with Gasteiger partial charge in [-0.25, -0.2) is 4.99 Å². The highest BCUT2D eigenvalue weighted by molar-refractivity contribution is 6.04. The lowest BCUT2D eigenvalue weighted by Crippen LogP contribution is -2.37.